The van der Waals surface area contributed by atoms with Gasteiger partial charge in [0.1, 0.15) is 5.82 Å². The minimum Gasteiger partial charge on any atom is -0.450 e. The number of hydrogen-bond donors (Lipinski definition) is 1. The number of carbonyl (C=O) groups is 2. The molecule has 7 nitrogen and oxygen atoms in total. The minimum atomic E-state index is -0.282. The monoisotopic (exact) mass is 292 g/mol. The molecule has 0 spiro atoms. The van der Waals surface area contributed by atoms with Crippen LogP contribution in [0.3, 0.4) is 0 Å². The molecule has 0 radical (unpaired) electrons. The molecule has 0 bridgehead atoms. The van der Waals surface area contributed by atoms with E-state index < -0.39 is 0 Å². The van der Waals surface area contributed by atoms with E-state index in [1.807, 2.05) is 11.0 Å². The first-order valence-electron chi connectivity index (χ1n) is 7.04. The van der Waals surface area contributed by atoms with Crippen molar-refractivity contribution in [2.75, 3.05) is 44.6 Å². The smallest absolute Gasteiger partial charge is 0.409 e. The molecule has 0 unspecified atom stereocenters. The highest BCUT2D eigenvalue weighted by Crippen LogP contribution is 2.05. The molecular formula is C14H20N4O3. The second-order valence-electron chi connectivity index (χ2n) is 4.73. The Balaban J connectivity index is 1.73. The largest absolute Gasteiger partial charge is 0.450 e. The van der Waals surface area contributed by atoms with E-state index in [2.05, 4.69) is 10.3 Å². The molecule has 1 aliphatic rings. The van der Waals surface area contributed by atoms with E-state index in [1.54, 1.807) is 30.2 Å². The number of nitrogens with one attached hydrogen (secondary N) is 1. The van der Waals surface area contributed by atoms with Crippen LogP contribution in [-0.2, 0) is 9.53 Å². The van der Waals surface area contributed by atoms with Crippen molar-refractivity contribution < 1.29 is 14.3 Å². The molecule has 2 heterocycles. The first-order valence-corrected chi connectivity index (χ1v) is 7.04. The lowest BCUT2D eigenvalue weighted by Gasteiger charge is -2.33. The summed E-state index contributed by atoms with van der Waals surface area (Å²) >= 11 is 0. The van der Waals surface area contributed by atoms with Crippen LogP contribution in [0.4, 0.5) is 10.6 Å². The highest BCUT2D eigenvalue weighted by Gasteiger charge is 2.23. The second-order valence-corrected chi connectivity index (χ2v) is 4.73. The summed E-state index contributed by atoms with van der Waals surface area (Å²) in [6.07, 6.45) is 1.35. The second kappa shape index (κ2) is 7.58. The minimum absolute atomic E-state index is 0.0988. The van der Waals surface area contributed by atoms with Crippen molar-refractivity contribution in [3.8, 4) is 0 Å². The van der Waals surface area contributed by atoms with E-state index in [0.29, 0.717) is 45.1 Å². The fourth-order valence-electron chi connectivity index (χ4n) is 2.13. The van der Waals surface area contributed by atoms with Gasteiger partial charge in [-0.15, -0.1) is 0 Å². The summed E-state index contributed by atoms with van der Waals surface area (Å²) in [4.78, 5) is 31.2. The van der Waals surface area contributed by atoms with E-state index >= 15 is 0 Å². The quantitative estimate of drug-likeness (QED) is 0.888. The average Bonchev–Trinajstić information content (AvgIpc) is 2.49. The van der Waals surface area contributed by atoms with E-state index in [-0.39, 0.29) is 12.0 Å². The number of ether oxygens (including phenoxy) is 1. The molecule has 1 N–H and O–H groups in total. The van der Waals surface area contributed by atoms with E-state index in [4.69, 9.17) is 4.74 Å². The topological polar surface area (TPSA) is 74.8 Å². The average molecular weight is 292 g/mol. The number of hydrogen-bond acceptors (Lipinski definition) is 5. The maximum atomic E-state index is 11.9. The Kier molecular flexibility index (Phi) is 5.51. The first kappa shape index (κ1) is 15.2. The van der Waals surface area contributed by atoms with Gasteiger partial charge in [0.15, 0.2) is 0 Å². The number of anilines is 1. The highest BCUT2D eigenvalue weighted by molar-refractivity contribution is 5.91. The molecule has 1 aliphatic heterocycles. The molecule has 2 rings (SSSR count). The molecule has 7 heteroatoms. The summed E-state index contributed by atoms with van der Waals surface area (Å²) < 4.78 is 4.96. The van der Waals surface area contributed by atoms with Gasteiger partial charge in [-0.25, -0.2) is 9.78 Å². The molecule has 1 saturated heterocycles. The summed E-state index contributed by atoms with van der Waals surface area (Å²) in [5.74, 6) is 0.450. The molecule has 0 saturated carbocycles. The van der Waals surface area contributed by atoms with Gasteiger partial charge in [0.25, 0.3) is 0 Å². The number of carbonyl (C=O) groups excluding carboxylic acids is 2. The van der Waals surface area contributed by atoms with Crippen molar-refractivity contribution >= 4 is 17.8 Å². The van der Waals surface area contributed by atoms with Crippen molar-refractivity contribution in [3.05, 3.63) is 24.4 Å². The van der Waals surface area contributed by atoms with Crippen LogP contribution >= 0.6 is 0 Å². The summed E-state index contributed by atoms with van der Waals surface area (Å²) in [6.45, 7) is 4.95. The fraction of sp³-hybridized carbons (Fsp3) is 0.500. The van der Waals surface area contributed by atoms with Crippen molar-refractivity contribution in [2.45, 2.75) is 6.92 Å². The van der Waals surface area contributed by atoms with Gasteiger partial charge in [-0.3, -0.25) is 9.69 Å². The van der Waals surface area contributed by atoms with Gasteiger partial charge < -0.3 is 15.0 Å². The fourth-order valence-corrected chi connectivity index (χ4v) is 2.13. The molecule has 114 valence electrons. The lowest BCUT2D eigenvalue weighted by Crippen LogP contribution is -2.50. The Hall–Kier alpha value is -2.15. The van der Waals surface area contributed by atoms with Gasteiger partial charge in [-0.1, -0.05) is 6.07 Å². The molecular weight excluding hydrogens is 272 g/mol. The maximum absolute atomic E-state index is 11.9. The molecule has 2 amide bonds. The third-order valence-corrected chi connectivity index (χ3v) is 3.20. The third kappa shape index (κ3) is 4.71. The lowest BCUT2D eigenvalue weighted by atomic mass is 10.3. The number of rotatable bonds is 4. The summed E-state index contributed by atoms with van der Waals surface area (Å²) in [5, 5.41) is 2.75. The number of amides is 2. The number of piperazine rings is 1. The lowest BCUT2D eigenvalue weighted by molar-refractivity contribution is -0.117. The Bertz CT molecular complexity index is 472. The van der Waals surface area contributed by atoms with Gasteiger partial charge >= 0.3 is 6.09 Å². The van der Waals surface area contributed by atoms with Gasteiger partial charge in [0, 0.05) is 32.4 Å². The SMILES string of the molecule is CCOC(=O)N1CCN(CC(=O)Nc2ccccn2)CC1. The maximum Gasteiger partial charge on any atom is 0.409 e. The Morgan fingerprint density at radius 1 is 1.29 bits per heavy atom. The third-order valence-electron chi connectivity index (χ3n) is 3.20. The van der Waals surface area contributed by atoms with Crippen LogP contribution in [0.1, 0.15) is 6.92 Å². The molecule has 21 heavy (non-hydrogen) atoms. The van der Waals surface area contributed by atoms with Crippen molar-refractivity contribution in [1.82, 2.24) is 14.8 Å². The Labute approximate surface area is 123 Å². The van der Waals surface area contributed by atoms with Gasteiger partial charge in [0.2, 0.25) is 5.91 Å². The van der Waals surface area contributed by atoms with Crippen LogP contribution in [0, 0.1) is 0 Å². The molecule has 0 atom stereocenters. The first-order chi connectivity index (χ1) is 10.2. The Morgan fingerprint density at radius 3 is 2.67 bits per heavy atom. The number of aromatic nitrogens is 1. The van der Waals surface area contributed by atoms with Crippen LogP contribution < -0.4 is 5.32 Å². The summed E-state index contributed by atoms with van der Waals surface area (Å²) in [5.41, 5.74) is 0. The zero-order valence-corrected chi connectivity index (χ0v) is 12.1. The summed E-state index contributed by atoms with van der Waals surface area (Å²) in [6, 6.07) is 5.36. The zero-order chi connectivity index (χ0) is 15.1. The van der Waals surface area contributed by atoms with Crippen LogP contribution in [0.25, 0.3) is 0 Å². The van der Waals surface area contributed by atoms with Crippen molar-refractivity contribution in [3.63, 3.8) is 0 Å². The molecule has 1 aromatic rings. The van der Waals surface area contributed by atoms with E-state index in [1.165, 1.54) is 0 Å². The zero-order valence-electron chi connectivity index (χ0n) is 12.1. The van der Waals surface area contributed by atoms with Crippen molar-refractivity contribution in [1.29, 1.82) is 0 Å². The van der Waals surface area contributed by atoms with Crippen LogP contribution in [0.15, 0.2) is 24.4 Å². The summed E-state index contributed by atoms with van der Waals surface area (Å²) in [7, 11) is 0. The van der Waals surface area contributed by atoms with Crippen molar-refractivity contribution in [2.24, 2.45) is 0 Å². The van der Waals surface area contributed by atoms with E-state index in [9.17, 15) is 9.59 Å². The predicted octanol–water partition coefficient (Wildman–Crippen LogP) is 0.794. The molecule has 1 aromatic heterocycles. The standard InChI is InChI=1S/C14H20N4O3/c1-2-21-14(20)18-9-7-17(8-10-18)11-13(19)16-12-5-3-4-6-15-12/h3-6H,2,7-11H2,1H3,(H,15,16,19). The van der Waals surface area contributed by atoms with Gasteiger partial charge in [-0.05, 0) is 19.1 Å². The normalized spacial score (nSPS) is 15.6. The Morgan fingerprint density at radius 2 is 2.05 bits per heavy atom. The van der Waals surface area contributed by atoms with Crippen LogP contribution in [-0.4, -0.2) is 66.1 Å². The molecule has 0 aliphatic carbocycles. The number of pyridine rings is 1. The molecule has 1 fully saturated rings. The predicted molar refractivity (Wildman–Crippen MR) is 77.9 cm³/mol. The van der Waals surface area contributed by atoms with Gasteiger partial charge in [0.05, 0.1) is 13.2 Å². The van der Waals surface area contributed by atoms with Crippen LogP contribution in [0.2, 0.25) is 0 Å². The highest BCUT2D eigenvalue weighted by atomic mass is 16.6. The van der Waals surface area contributed by atoms with E-state index in [0.717, 1.165) is 0 Å². The molecule has 0 aromatic carbocycles. The van der Waals surface area contributed by atoms with Gasteiger partial charge in [-0.2, -0.15) is 0 Å². The number of nitrogens with zero attached hydrogens (tertiary/aromatic N) is 3. The van der Waals surface area contributed by atoms with Crippen LogP contribution in [0.5, 0.6) is 0 Å².